The number of rotatable bonds is 12. The number of phenolic OH excluding ortho intramolecular Hbond substituents is 1. The molecule has 0 saturated carbocycles. The molecule has 3 aromatic rings. The van der Waals surface area contributed by atoms with Crippen molar-refractivity contribution in [3.63, 3.8) is 0 Å². The first kappa shape index (κ1) is 28.1. The fraction of sp³-hybridized carbons (Fsp3) is 0.333. The summed E-state index contributed by atoms with van der Waals surface area (Å²) < 4.78 is 33.3. The second kappa shape index (κ2) is 13.2. The average Bonchev–Trinajstić information content (AvgIpc) is 2.88. The second-order valence-electron chi connectivity index (χ2n) is 9.21. The summed E-state index contributed by atoms with van der Waals surface area (Å²) in [5, 5.41) is 23.5. The highest BCUT2D eigenvalue weighted by Crippen LogP contribution is 2.21. The molecule has 0 unspecified atom stereocenters. The highest BCUT2D eigenvalue weighted by atomic mass is 32.2. The molecule has 0 radical (unpaired) electrons. The van der Waals surface area contributed by atoms with Crippen LogP contribution < -0.4 is 10.3 Å². The summed E-state index contributed by atoms with van der Waals surface area (Å²) >= 11 is 0. The Morgan fingerprint density at radius 2 is 1.68 bits per heavy atom. The minimum absolute atomic E-state index is 0.00444. The van der Waals surface area contributed by atoms with E-state index in [-0.39, 0.29) is 42.7 Å². The normalized spacial score (nSPS) is 13.3. The minimum atomic E-state index is -3.97. The molecule has 4 N–H and O–H groups in total. The second-order valence-corrected chi connectivity index (χ2v) is 11.1. The van der Waals surface area contributed by atoms with E-state index in [0.717, 1.165) is 11.1 Å². The number of carbonyl (C=O) groups is 1. The summed E-state index contributed by atoms with van der Waals surface area (Å²) in [4.78, 5) is 15.5. The molecule has 0 aliphatic heterocycles. The number of nitrogens with zero attached hydrogens (tertiary/aromatic N) is 1. The lowest BCUT2D eigenvalue weighted by molar-refractivity contribution is -0.379. The number of aromatic hydroxyl groups is 1. The van der Waals surface area contributed by atoms with Crippen LogP contribution in [0.2, 0.25) is 0 Å². The van der Waals surface area contributed by atoms with Crippen molar-refractivity contribution in [1.82, 2.24) is 9.62 Å². The van der Waals surface area contributed by atoms with Gasteiger partial charge in [-0.25, -0.2) is 18.2 Å². The standard InChI is InChI=1S/C27H33N3O6S/c1-20(2)17-30(37(34,35)24-12-10-23(31)11-13-24)18-26(32)25(15-21-7-4-3-5-8-21)29-27(33)36-19-22-9-6-14-28-16-22/h3-14,16,20,25-26,31-32H,15,17-19H2,1-2H3,(H,29,33)/p+1/t25-,26+/m0/s1. The maximum absolute atomic E-state index is 13.4. The quantitative estimate of drug-likeness (QED) is 0.331. The summed E-state index contributed by atoms with van der Waals surface area (Å²) in [6, 6.07) is 17.3. The smallest absolute Gasteiger partial charge is 0.407 e. The van der Waals surface area contributed by atoms with E-state index < -0.39 is 28.3 Å². The Balaban J connectivity index is 1.79. The van der Waals surface area contributed by atoms with Crippen molar-refractivity contribution in [3.05, 3.63) is 90.3 Å². The van der Waals surface area contributed by atoms with Crippen LogP contribution in [-0.4, -0.2) is 54.3 Å². The summed E-state index contributed by atoms with van der Waals surface area (Å²) in [5.74, 6) is -0.0688. The monoisotopic (exact) mass is 528 g/mol. The topological polar surface area (TPSA) is 130 Å². The Morgan fingerprint density at radius 1 is 1.00 bits per heavy atom. The molecule has 1 heterocycles. The largest absolute Gasteiger partial charge is 0.508 e. The number of ether oxygens (including phenoxy) is 1. The van der Waals surface area contributed by atoms with Gasteiger partial charge in [0.25, 0.3) is 0 Å². The molecule has 3 rings (SSSR count). The van der Waals surface area contributed by atoms with Gasteiger partial charge in [0, 0.05) is 19.2 Å². The van der Waals surface area contributed by atoms with Gasteiger partial charge in [0.2, 0.25) is 10.0 Å². The molecular weight excluding hydrogens is 494 g/mol. The number of carbonyl (C=O) groups excluding carboxylic acids is 1. The summed E-state index contributed by atoms with van der Waals surface area (Å²) in [6.07, 6.45) is 1.77. The Kier molecular flexibility index (Phi) is 10.0. The number of aliphatic hydroxyl groups is 1. The molecule has 2 atom stereocenters. The maximum atomic E-state index is 13.4. The first-order valence-corrected chi connectivity index (χ1v) is 13.5. The zero-order chi connectivity index (χ0) is 26.8. The van der Waals surface area contributed by atoms with Crippen LogP contribution >= 0.6 is 0 Å². The van der Waals surface area contributed by atoms with Gasteiger partial charge in [0.05, 0.1) is 22.6 Å². The molecule has 2 aromatic carbocycles. The van der Waals surface area contributed by atoms with Crippen LogP contribution in [0.3, 0.4) is 0 Å². The number of hydrogen-bond donors (Lipinski definition) is 3. The van der Waals surface area contributed by atoms with Gasteiger partial charge in [-0.1, -0.05) is 44.2 Å². The third-order valence-corrected chi connectivity index (χ3v) is 7.49. The summed E-state index contributed by atoms with van der Waals surface area (Å²) in [6.45, 7) is 3.71. The predicted octanol–water partition coefficient (Wildman–Crippen LogP) is 2.75. The SMILES string of the molecule is CC(C)CN(C[C@@H](O)[C@H](Cc1ccccc1)NC(=O)OCc1ccc[nH+]c1)S(=O)(=O)c1ccc(O)cc1. The highest BCUT2D eigenvalue weighted by molar-refractivity contribution is 7.89. The lowest BCUT2D eigenvalue weighted by Crippen LogP contribution is -2.51. The van der Waals surface area contributed by atoms with Crippen molar-refractivity contribution >= 4 is 16.1 Å². The van der Waals surface area contributed by atoms with Crippen LogP contribution in [0, 0.1) is 5.92 Å². The number of aliphatic hydroxyl groups excluding tert-OH is 1. The van der Waals surface area contributed by atoms with Crippen molar-refractivity contribution < 1.29 is 33.1 Å². The first-order chi connectivity index (χ1) is 17.6. The number of aromatic nitrogens is 1. The third kappa shape index (κ3) is 8.56. The molecule has 0 fully saturated rings. The number of nitrogens with one attached hydrogen (secondary N) is 2. The lowest BCUT2D eigenvalue weighted by Gasteiger charge is -2.30. The van der Waals surface area contributed by atoms with Crippen molar-refractivity contribution in [2.45, 2.75) is 43.9 Å². The summed E-state index contributed by atoms with van der Waals surface area (Å²) in [5.41, 5.74) is 1.63. The fourth-order valence-corrected chi connectivity index (χ4v) is 5.42. The van der Waals surface area contributed by atoms with E-state index in [1.54, 1.807) is 24.5 Å². The van der Waals surface area contributed by atoms with Crippen molar-refractivity contribution in [3.8, 4) is 5.75 Å². The van der Waals surface area contributed by atoms with E-state index >= 15 is 0 Å². The number of hydrogen-bond acceptors (Lipinski definition) is 6. The predicted molar refractivity (Wildman–Crippen MR) is 138 cm³/mol. The Morgan fingerprint density at radius 3 is 2.30 bits per heavy atom. The van der Waals surface area contributed by atoms with Gasteiger partial charge in [-0.2, -0.15) is 4.31 Å². The lowest BCUT2D eigenvalue weighted by atomic mass is 10.0. The average molecular weight is 529 g/mol. The Bertz CT molecular complexity index is 1220. The van der Waals surface area contributed by atoms with Crippen LogP contribution in [0.5, 0.6) is 5.75 Å². The van der Waals surface area contributed by atoms with Crippen molar-refractivity contribution in [2.75, 3.05) is 13.1 Å². The molecule has 1 aromatic heterocycles. The molecule has 1 amide bonds. The van der Waals surface area contributed by atoms with Crippen molar-refractivity contribution in [1.29, 1.82) is 0 Å². The van der Waals surface area contributed by atoms with E-state index in [4.69, 9.17) is 4.74 Å². The molecule has 0 aliphatic rings. The van der Waals surface area contributed by atoms with Gasteiger partial charge in [-0.15, -0.1) is 0 Å². The van der Waals surface area contributed by atoms with E-state index in [9.17, 15) is 23.4 Å². The van der Waals surface area contributed by atoms with Crippen LogP contribution in [0.15, 0.2) is 84.0 Å². The van der Waals surface area contributed by atoms with Gasteiger partial charge in [-0.3, -0.25) is 0 Å². The molecule has 0 aliphatic carbocycles. The van der Waals surface area contributed by atoms with Crippen LogP contribution in [-0.2, 0) is 27.8 Å². The molecule has 0 spiro atoms. The first-order valence-electron chi connectivity index (χ1n) is 12.0. The number of alkyl carbamates (subject to hydrolysis) is 1. The molecule has 0 saturated heterocycles. The van der Waals surface area contributed by atoms with E-state index in [1.165, 1.54) is 28.6 Å². The zero-order valence-corrected chi connectivity index (χ0v) is 21.8. The number of aromatic amines is 1. The number of phenols is 1. The van der Waals surface area contributed by atoms with Gasteiger partial charge >= 0.3 is 6.09 Å². The zero-order valence-electron chi connectivity index (χ0n) is 20.9. The van der Waals surface area contributed by atoms with E-state index in [0.29, 0.717) is 0 Å². The molecule has 198 valence electrons. The van der Waals surface area contributed by atoms with Gasteiger partial charge in [0.1, 0.15) is 12.4 Å². The molecule has 10 heteroatoms. The minimum Gasteiger partial charge on any atom is -0.508 e. The number of H-pyrrole nitrogens is 1. The number of pyridine rings is 1. The van der Waals surface area contributed by atoms with Crippen molar-refractivity contribution in [2.24, 2.45) is 5.92 Å². The Hall–Kier alpha value is -3.47. The molecule has 9 nitrogen and oxygen atoms in total. The van der Waals surface area contributed by atoms with E-state index in [2.05, 4.69) is 10.3 Å². The fourth-order valence-electron chi connectivity index (χ4n) is 3.79. The Labute approximate surface area is 217 Å². The number of sulfonamides is 1. The maximum Gasteiger partial charge on any atom is 0.407 e. The highest BCUT2D eigenvalue weighted by Gasteiger charge is 2.31. The van der Waals surface area contributed by atoms with Crippen LogP contribution in [0.25, 0.3) is 0 Å². The molecule has 0 bridgehead atoms. The molecule has 37 heavy (non-hydrogen) atoms. The van der Waals surface area contributed by atoms with Gasteiger partial charge < -0.3 is 20.3 Å². The molecular formula is C27H34N3O6S+. The van der Waals surface area contributed by atoms with E-state index in [1.807, 2.05) is 44.2 Å². The van der Waals surface area contributed by atoms with Crippen LogP contribution in [0.4, 0.5) is 4.79 Å². The van der Waals surface area contributed by atoms with Gasteiger partial charge in [0.15, 0.2) is 12.4 Å². The number of benzene rings is 2. The third-order valence-electron chi connectivity index (χ3n) is 5.64. The summed E-state index contributed by atoms with van der Waals surface area (Å²) in [7, 11) is -3.97. The van der Waals surface area contributed by atoms with Gasteiger partial charge in [-0.05, 0) is 48.2 Å². The number of amides is 1. The van der Waals surface area contributed by atoms with Crippen LogP contribution in [0.1, 0.15) is 25.0 Å².